The number of hydrogen-bond donors (Lipinski definition) is 1. The average Bonchev–Trinajstić information content (AvgIpc) is 2.44. The number of carbonyl (C=O) groups excluding carboxylic acids is 1. The lowest BCUT2D eigenvalue weighted by Gasteiger charge is -2.05. The van der Waals surface area contributed by atoms with Gasteiger partial charge in [0.2, 0.25) is 0 Å². The van der Waals surface area contributed by atoms with Crippen molar-refractivity contribution in [2.75, 3.05) is 11.5 Å². The van der Waals surface area contributed by atoms with Gasteiger partial charge in [-0.1, -0.05) is 36.4 Å². The van der Waals surface area contributed by atoms with Crippen LogP contribution in [-0.2, 0) is 16.1 Å². The van der Waals surface area contributed by atoms with Gasteiger partial charge in [0.25, 0.3) is 0 Å². The molecule has 0 bridgehead atoms. The van der Waals surface area contributed by atoms with E-state index in [1.807, 2.05) is 54.6 Å². The zero-order chi connectivity index (χ0) is 13.5. The van der Waals surface area contributed by atoms with Gasteiger partial charge in [-0.15, -0.1) is 11.8 Å². The maximum Gasteiger partial charge on any atom is 0.316 e. The number of hydrogen-bond acceptors (Lipinski definition) is 4. The van der Waals surface area contributed by atoms with Gasteiger partial charge in [-0.3, -0.25) is 4.79 Å². The third kappa shape index (κ3) is 4.67. The van der Waals surface area contributed by atoms with E-state index < -0.39 is 0 Å². The first-order valence-electron chi connectivity index (χ1n) is 5.92. The molecular weight excluding hydrogens is 258 g/mol. The summed E-state index contributed by atoms with van der Waals surface area (Å²) in [5.41, 5.74) is 7.36. The molecule has 2 N–H and O–H groups in total. The van der Waals surface area contributed by atoms with Crippen LogP contribution in [0.2, 0.25) is 0 Å². The van der Waals surface area contributed by atoms with Crippen molar-refractivity contribution in [2.45, 2.75) is 11.5 Å². The highest BCUT2D eigenvalue weighted by Crippen LogP contribution is 2.20. The third-order valence-electron chi connectivity index (χ3n) is 2.46. The molecule has 0 amide bonds. The summed E-state index contributed by atoms with van der Waals surface area (Å²) >= 11 is 1.42. The van der Waals surface area contributed by atoms with Crippen molar-refractivity contribution in [2.24, 2.45) is 0 Å². The molecule has 0 aliphatic rings. The number of thioether (sulfide) groups is 1. The molecule has 0 spiro atoms. The smallest absolute Gasteiger partial charge is 0.316 e. The number of anilines is 1. The highest BCUT2D eigenvalue weighted by atomic mass is 32.2. The van der Waals surface area contributed by atoms with Crippen molar-refractivity contribution in [1.29, 1.82) is 0 Å². The second-order valence-corrected chi connectivity index (χ2v) is 5.06. The van der Waals surface area contributed by atoms with E-state index in [1.54, 1.807) is 0 Å². The lowest BCUT2D eigenvalue weighted by atomic mass is 10.2. The molecule has 98 valence electrons. The van der Waals surface area contributed by atoms with Crippen LogP contribution in [0.15, 0.2) is 59.5 Å². The standard InChI is InChI=1S/C15H15NO2S/c16-13-7-4-8-14(9-13)19-11-15(17)18-10-12-5-2-1-3-6-12/h1-9H,10-11,16H2. The van der Waals surface area contributed by atoms with Gasteiger partial charge in [-0.25, -0.2) is 0 Å². The van der Waals surface area contributed by atoms with Crippen LogP contribution in [0.25, 0.3) is 0 Å². The van der Waals surface area contributed by atoms with Gasteiger partial charge >= 0.3 is 5.97 Å². The van der Waals surface area contributed by atoms with Crippen LogP contribution in [0.5, 0.6) is 0 Å². The van der Waals surface area contributed by atoms with Gasteiger partial charge in [0.05, 0.1) is 5.75 Å². The van der Waals surface area contributed by atoms with Crippen LogP contribution in [0.1, 0.15) is 5.56 Å². The molecule has 0 saturated heterocycles. The summed E-state index contributed by atoms with van der Waals surface area (Å²) in [6, 6.07) is 17.1. The number of esters is 1. The Balaban J connectivity index is 1.76. The van der Waals surface area contributed by atoms with Crippen molar-refractivity contribution < 1.29 is 9.53 Å². The van der Waals surface area contributed by atoms with Gasteiger partial charge < -0.3 is 10.5 Å². The molecule has 3 nitrogen and oxygen atoms in total. The minimum atomic E-state index is -0.226. The molecule has 4 heteroatoms. The Kier molecular flexibility index (Phi) is 4.86. The Labute approximate surface area is 116 Å². The Hall–Kier alpha value is -1.94. The summed E-state index contributed by atoms with van der Waals surface area (Å²) in [6.45, 7) is 0.317. The second-order valence-electron chi connectivity index (χ2n) is 4.01. The molecule has 2 aromatic carbocycles. The molecule has 0 heterocycles. The molecule has 2 rings (SSSR count). The van der Waals surface area contributed by atoms with Crippen LogP contribution in [0.4, 0.5) is 5.69 Å². The monoisotopic (exact) mass is 273 g/mol. The van der Waals surface area contributed by atoms with Crippen molar-refractivity contribution >= 4 is 23.4 Å². The average molecular weight is 273 g/mol. The van der Waals surface area contributed by atoms with Gasteiger partial charge in [0.1, 0.15) is 6.61 Å². The van der Waals surface area contributed by atoms with E-state index in [2.05, 4.69) is 0 Å². The van der Waals surface area contributed by atoms with Crippen LogP contribution in [-0.4, -0.2) is 11.7 Å². The first-order valence-corrected chi connectivity index (χ1v) is 6.90. The molecular formula is C15H15NO2S. The van der Waals surface area contributed by atoms with Crippen molar-refractivity contribution in [3.63, 3.8) is 0 Å². The Morgan fingerprint density at radius 3 is 2.63 bits per heavy atom. The zero-order valence-electron chi connectivity index (χ0n) is 10.4. The fraction of sp³-hybridized carbons (Fsp3) is 0.133. The van der Waals surface area contributed by atoms with Gasteiger partial charge in [-0.05, 0) is 23.8 Å². The van der Waals surface area contributed by atoms with E-state index in [1.165, 1.54) is 11.8 Å². The summed E-state index contributed by atoms with van der Waals surface area (Å²) in [4.78, 5) is 12.6. The number of ether oxygens (including phenoxy) is 1. The van der Waals surface area contributed by atoms with Gasteiger partial charge in [0, 0.05) is 10.6 Å². The molecule has 0 aliphatic carbocycles. The van der Waals surface area contributed by atoms with E-state index >= 15 is 0 Å². The van der Waals surface area contributed by atoms with Crippen molar-refractivity contribution in [3.8, 4) is 0 Å². The number of rotatable bonds is 5. The van der Waals surface area contributed by atoms with E-state index in [4.69, 9.17) is 10.5 Å². The van der Waals surface area contributed by atoms with Crippen LogP contribution in [0.3, 0.4) is 0 Å². The molecule has 0 aromatic heterocycles. The van der Waals surface area contributed by atoms with Gasteiger partial charge in [-0.2, -0.15) is 0 Å². The zero-order valence-corrected chi connectivity index (χ0v) is 11.2. The number of nitrogens with two attached hydrogens (primary N) is 1. The first kappa shape index (κ1) is 13.5. The highest BCUT2D eigenvalue weighted by molar-refractivity contribution is 8.00. The predicted octanol–water partition coefficient (Wildman–Crippen LogP) is 3.10. The largest absolute Gasteiger partial charge is 0.460 e. The Morgan fingerprint density at radius 2 is 1.89 bits per heavy atom. The minimum absolute atomic E-state index is 0.226. The molecule has 0 atom stereocenters. The normalized spacial score (nSPS) is 10.1. The molecule has 0 radical (unpaired) electrons. The number of benzene rings is 2. The minimum Gasteiger partial charge on any atom is -0.460 e. The lowest BCUT2D eigenvalue weighted by molar-refractivity contribution is -0.141. The summed E-state index contributed by atoms with van der Waals surface area (Å²) in [5.74, 6) is 0.0623. The fourth-order valence-electron chi connectivity index (χ4n) is 1.53. The maximum absolute atomic E-state index is 11.6. The van der Waals surface area contributed by atoms with Crippen molar-refractivity contribution in [1.82, 2.24) is 0 Å². The molecule has 2 aromatic rings. The molecule has 0 aliphatic heterocycles. The summed E-state index contributed by atoms with van der Waals surface area (Å²) < 4.78 is 5.19. The molecule has 0 unspecified atom stereocenters. The Bertz CT molecular complexity index is 543. The lowest BCUT2D eigenvalue weighted by Crippen LogP contribution is -2.07. The van der Waals surface area contributed by atoms with E-state index in [0.29, 0.717) is 12.3 Å². The van der Waals surface area contributed by atoms with E-state index in [9.17, 15) is 4.79 Å². The summed E-state index contributed by atoms with van der Waals surface area (Å²) in [7, 11) is 0. The number of nitrogen functional groups attached to an aromatic ring is 1. The first-order chi connectivity index (χ1) is 9.24. The quantitative estimate of drug-likeness (QED) is 0.516. The molecule has 0 saturated carbocycles. The fourth-order valence-corrected chi connectivity index (χ4v) is 2.29. The summed E-state index contributed by atoms with van der Waals surface area (Å²) in [6.07, 6.45) is 0. The van der Waals surface area contributed by atoms with Gasteiger partial charge in [0.15, 0.2) is 0 Å². The number of carbonyl (C=O) groups is 1. The van der Waals surface area contributed by atoms with Crippen LogP contribution >= 0.6 is 11.8 Å². The Morgan fingerprint density at radius 1 is 1.11 bits per heavy atom. The summed E-state index contributed by atoms with van der Waals surface area (Å²) in [5, 5.41) is 0. The van der Waals surface area contributed by atoms with Crippen molar-refractivity contribution in [3.05, 3.63) is 60.2 Å². The maximum atomic E-state index is 11.6. The predicted molar refractivity (Wildman–Crippen MR) is 77.8 cm³/mol. The SMILES string of the molecule is Nc1cccc(SCC(=O)OCc2ccccc2)c1. The van der Waals surface area contributed by atoms with E-state index in [0.717, 1.165) is 10.5 Å². The molecule has 19 heavy (non-hydrogen) atoms. The van der Waals surface area contributed by atoms with E-state index in [-0.39, 0.29) is 11.7 Å². The third-order valence-corrected chi connectivity index (χ3v) is 3.42. The second kappa shape index (κ2) is 6.85. The topological polar surface area (TPSA) is 52.3 Å². The highest BCUT2D eigenvalue weighted by Gasteiger charge is 2.04. The van der Waals surface area contributed by atoms with Crippen LogP contribution in [0, 0.1) is 0 Å². The molecule has 0 fully saturated rings. The van der Waals surface area contributed by atoms with Crippen LogP contribution < -0.4 is 5.73 Å².